The van der Waals surface area contributed by atoms with Crippen LogP contribution in [0.4, 0.5) is 0 Å². The minimum atomic E-state index is -3.64. The summed E-state index contributed by atoms with van der Waals surface area (Å²) in [5.74, 6) is -0.224. The number of phenolic OH excluding ortho intramolecular Hbond substituents is 1. The van der Waals surface area contributed by atoms with Crippen LogP contribution in [0.3, 0.4) is 0 Å². The van der Waals surface area contributed by atoms with Crippen LogP contribution in [0.25, 0.3) is 0 Å². The van der Waals surface area contributed by atoms with Gasteiger partial charge in [0.2, 0.25) is 10.0 Å². The number of aromatic hydroxyl groups is 1. The number of rotatable bonds is 6. The van der Waals surface area contributed by atoms with E-state index in [0.29, 0.717) is 13.0 Å². The minimum absolute atomic E-state index is 0.0599. The maximum Gasteiger partial charge on any atom is 0.247 e. The molecule has 0 heterocycles. The molecular weight excluding hydrogens is 238 g/mol. The van der Waals surface area contributed by atoms with Crippen molar-refractivity contribution in [2.24, 2.45) is 0 Å². The molecule has 0 aromatic heterocycles. The predicted molar refractivity (Wildman–Crippen MR) is 67.4 cm³/mol. The van der Waals surface area contributed by atoms with Crippen molar-refractivity contribution in [1.29, 1.82) is 0 Å². The van der Waals surface area contributed by atoms with E-state index in [1.807, 2.05) is 6.92 Å². The van der Waals surface area contributed by atoms with Gasteiger partial charge in [0.05, 0.1) is 0 Å². The molecule has 0 radical (unpaired) electrons. The molecule has 0 aliphatic rings. The Morgan fingerprint density at radius 3 is 2.59 bits per heavy atom. The maximum absolute atomic E-state index is 12.3. The first-order valence-electron chi connectivity index (χ1n) is 5.43. The molecule has 94 valence electrons. The Morgan fingerprint density at radius 1 is 1.41 bits per heavy atom. The Kier molecular flexibility index (Phi) is 4.72. The van der Waals surface area contributed by atoms with E-state index in [1.165, 1.54) is 22.5 Å². The normalized spacial score (nSPS) is 11.6. The summed E-state index contributed by atoms with van der Waals surface area (Å²) in [5, 5.41) is 9.60. The third-order valence-corrected chi connectivity index (χ3v) is 4.20. The standard InChI is InChI=1S/C12H17NO3S/c1-3-9-13(10-4-2)17(15,16)12-8-6-5-7-11(12)14/h3,5-8,14H,1,4,9-10H2,2H3. The zero-order valence-corrected chi connectivity index (χ0v) is 10.7. The van der Waals surface area contributed by atoms with Gasteiger partial charge in [-0.25, -0.2) is 8.42 Å². The molecule has 0 fully saturated rings. The fourth-order valence-electron chi connectivity index (χ4n) is 1.52. The van der Waals surface area contributed by atoms with Crippen molar-refractivity contribution in [2.75, 3.05) is 13.1 Å². The highest BCUT2D eigenvalue weighted by atomic mass is 32.2. The summed E-state index contributed by atoms with van der Waals surface area (Å²) in [6, 6.07) is 5.94. The monoisotopic (exact) mass is 255 g/mol. The fourth-order valence-corrected chi connectivity index (χ4v) is 3.10. The Morgan fingerprint density at radius 2 is 2.06 bits per heavy atom. The molecule has 4 nitrogen and oxygen atoms in total. The molecule has 0 bridgehead atoms. The van der Waals surface area contributed by atoms with Gasteiger partial charge in [-0.3, -0.25) is 0 Å². The zero-order chi connectivity index (χ0) is 12.9. The van der Waals surface area contributed by atoms with E-state index in [0.717, 1.165) is 0 Å². The van der Waals surface area contributed by atoms with Gasteiger partial charge in [0.25, 0.3) is 0 Å². The van der Waals surface area contributed by atoms with E-state index in [2.05, 4.69) is 6.58 Å². The smallest absolute Gasteiger partial charge is 0.247 e. The number of sulfonamides is 1. The average Bonchev–Trinajstić information content (AvgIpc) is 2.29. The van der Waals surface area contributed by atoms with Gasteiger partial charge in [0.15, 0.2) is 0 Å². The molecule has 0 atom stereocenters. The first-order chi connectivity index (χ1) is 8.04. The SMILES string of the molecule is C=CCN(CCC)S(=O)(=O)c1ccccc1O. The van der Waals surface area contributed by atoms with Crippen LogP contribution < -0.4 is 0 Å². The van der Waals surface area contributed by atoms with Gasteiger partial charge in [-0.1, -0.05) is 25.1 Å². The van der Waals surface area contributed by atoms with Crippen LogP contribution >= 0.6 is 0 Å². The third-order valence-electron chi connectivity index (χ3n) is 2.29. The summed E-state index contributed by atoms with van der Waals surface area (Å²) < 4.78 is 25.8. The molecular formula is C12H17NO3S. The highest BCUT2D eigenvalue weighted by molar-refractivity contribution is 7.89. The molecule has 0 amide bonds. The van der Waals surface area contributed by atoms with Crippen molar-refractivity contribution < 1.29 is 13.5 Å². The summed E-state index contributed by atoms with van der Waals surface area (Å²) in [5.41, 5.74) is 0. The molecule has 0 spiro atoms. The summed E-state index contributed by atoms with van der Waals surface area (Å²) in [4.78, 5) is -0.0599. The third kappa shape index (κ3) is 3.08. The summed E-state index contributed by atoms with van der Waals surface area (Å²) in [7, 11) is -3.64. The summed E-state index contributed by atoms with van der Waals surface area (Å²) >= 11 is 0. The van der Waals surface area contributed by atoms with E-state index in [1.54, 1.807) is 12.1 Å². The van der Waals surface area contributed by atoms with Crippen molar-refractivity contribution in [3.05, 3.63) is 36.9 Å². The van der Waals surface area contributed by atoms with Gasteiger partial charge in [-0.05, 0) is 18.6 Å². The minimum Gasteiger partial charge on any atom is -0.507 e. The van der Waals surface area contributed by atoms with Crippen molar-refractivity contribution in [1.82, 2.24) is 4.31 Å². The zero-order valence-electron chi connectivity index (χ0n) is 9.83. The number of nitrogens with zero attached hydrogens (tertiary/aromatic N) is 1. The molecule has 0 saturated carbocycles. The van der Waals surface area contributed by atoms with Gasteiger partial charge in [-0.15, -0.1) is 6.58 Å². The van der Waals surface area contributed by atoms with Gasteiger partial charge < -0.3 is 5.11 Å². The number of hydrogen-bond donors (Lipinski definition) is 1. The molecule has 1 N–H and O–H groups in total. The molecule has 0 unspecified atom stereocenters. The van der Waals surface area contributed by atoms with Crippen LogP contribution in [0.15, 0.2) is 41.8 Å². The number of para-hydroxylation sites is 1. The van der Waals surface area contributed by atoms with E-state index in [4.69, 9.17) is 0 Å². The van der Waals surface area contributed by atoms with Crippen LogP contribution in [0.1, 0.15) is 13.3 Å². The second-order valence-electron chi connectivity index (χ2n) is 3.62. The fraction of sp³-hybridized carbons (Fsp3) is 0.333. The Labute approximate surface area is 102 Å². The van der Waals surface area contributed by atoms with Crippen molar-refractivity contribution in [2.45, 2.75) is 18.2 Å². The van der Waals surface area contributed by atoms with E-state index in [-0.39, 0.29) is 17.2 Å². The van der Waals surface area contributed by atoms with Crippen LogP contribution in [-0.2, 0) is 10.0 Å². The second kappa shape index (κ2) is 5.84. The lowest BCUT2D eigenvalue weighted by molar-refractivity contribution is 0.426. The average molecular weight is 255 g/mol. The summed E-state index contributed by atoms with van der Waals surface area (Å²) in [6.07, 6.45) is 2.24. The lowest BCUT2D eigenvalue weighted by atomic mass is 10.3. The topological polar surface area (TPSA) is 57.6 Å². The largest absolute Gasteiger partial charge is 0.507 e. The molecule has 0 aliphatic heterocycles. The quantitative estimate of drug-likeness (QED) is 0.791. The number of hydrogen-bond acceptors (Lipinski definition) is 3. The highest BCUT2D eigenvalue weighted by Crippen LogP contribution is 2.25. The molecule has 17 heavy (non-hydrogen) atoms. The van der Waals surface area contributed by atoms with Crippen LogP contribution in [0, 0.1) is 0 Å². The molecule has 5 heteroatoms. The molecule has 1 aromatic rings. The highest BCUT2D eigenvalue weighted by Gasteiger charge is 2.25. The van der Waals surface area contributed by atoms with Crippen molar-refractivity contribution in [3.63, 3.8) is 0 Å². The van der Waals surface area contributed by atoms with E-state index in [9.17, 15) is 13.5 Å². The maximum atomic E-state index is 12.3. The van der Waals surface area contributed by atoms with Gasteiger partial charge in [0, 0.05) is 13.1 Å². The van der Waals surface area contributed by atoms with Crippen LogP contribution in [0.2, 0.25) is 0 Å². The van der Waals surface area contributed by atoms with Crippen molar-refractivity contribution >= 4 is 10.0 Å². The molecule has 1 aromatic carbocycles. The lowest BCUT2D eigenvalue weighted by Crippen LogP contribution is -2.32. The molecule has 1 rings (SSSR count). The second-order valence-corrected chi connectivity index (χ2v) is 5.53. The summed E-state index contributed by atoms with van der Waals surface area (Å²) in [6.45, 7) is 6.09. The first-order valence-corrected chi connectivity index (χ1v) is 6.87. The first kappa shape index (κ1) is 13.7. The van der Waals surface area contributed by atoms with Gasteiger partial charge in [0.1, 0.15) is 10.6 Å². The predicted octanol–water partition coefficient (Wildman–Crippen LogP) is 1.98. The van der Waals surface area contributed by atoms with E-state index < -0.39 is 10.0 Å². The Hall–Kier alpha value is -1.33. The number of benzene rings is 1. The Balaban J connectivity index is 3.16. The van der Waals surface area contributed by atoms with Crippen molar-refractivity contribution in [3.8, 4) is 5.75 Å². The van der Waals surface area contributed by atoms with Gasteiger partial charge >= 0.3 is 0 Å². The van der Waals surface area contributed by atoms with Crippen LogP contribution in [0.5, 0.6) is 5.75 Å². The van der Waals surface area contributed by atoms with Gasteiger partial charge in [-0.2, -0.15) is 4.31 Å². The lowest BCUT2D eigenvalue weighted by Gasteiger charge is -2.20. The number of phenols is 1. The molecule has 0 saturated heterocycles. The molecule has 0 aliphatic carbocycles. The van der Waals surface area contributed by atoms with Crippen LogP contribution in [-0.4, -0.2) is 30.9 Å². The Bertz CT molecular complexity index is 482. The van der Waals surface area contributed by atoms with E-state index >= 15 is 0 Å².